The monoisotopic (exact) mass is 407 g/mol. The first-order valence-corrected chi connectivity index (χ1v) is 11.8. The van der Waals surface area contributed by atoms with Gasteiger partial charge in [0, 0.05) is 13.1 Å². The fraction of sp³-hybridized carbons (Fsp3) is 0.625. The van der Waals surface area contributed by atoms with Gasteiger partial charge in [-0.1, -0.05) is 30.9 Å². The van der Waals surface area contributed by atoms with Gasteiger partial charge in [0.15, 0.2) is 9.84 Å². The Hall–Kier alpha value is -0.830. The molecule has 9 heteroatoms. The lowest BCUT2D eigenvalue weighted by Crippen LogP contribution is -2.58. The van der Waals surface area contributed by atoms with Crippen LogP contribution in [-0.2, 0) is 19.9 Å². The molecule has 3 rings (SSSR count). The minimum atomic E-state index is -3.74. The number of ether oxygens (including phenoxy) is 1. The fourth-order valence-electron chi connectivity index (χ4n) is 3.43. The van der Waals surface area contributed by atoms with Gasteiger partial charge < -0.3 is 4.74 Å². The zero-order chi connectivity index (χ0) is 18.2. The first-order chi connectivity index (χ1) is 11.8. The first kappa shape index (κ1) is 18.9. The molecule has 1 aromatic carbocycles. The number of nitrogens with zero attached hydrogens (tertiary/aromatic N) is 1. The number of hydrogen-bond acceptors (Lipinski definition) is 5. The van der Waals surface area contributed by atoms with Crippen molar-refractivity contribution in [3.05, 3.63) is 23.2 Å². The molecule has 1 heterocycles. The second kappa shape index (κ2) is 7.06. The summed E-state index contributed by atoms with van der Waals surface area (Å²) in [4.78, 5) is 0.0480. The van der Waals surface area contributed by atoms with Gasteiger partial charge in [0.2, 0.25) is 10.0 Å². The van der Waals surface area contributed by atoms with Crippen molar-refractivity contribution in [1.82, 2.24) is 4.31 Å². The zero-order valence-electron chi connectivity index (χ0n) is 14.0. The van der Waals surface area contributed by atoms with Gasteiger partial charge in [-0.25, -0.2) is 16.8 Å². The van der Waals surface area contributed by atoms with Gasteiger partial charge in [0.1, 0.15) is 5.75 Å². The molecule has 2 aliphatic rings. The van der Waals surface area contributed by atoms with Crippen LogP contribution in [0.5, 0.6) is 5.75 Å². The molecule has 1 aliphatic carbocycles. The fourth-order valence-corrected chi connectivity index (χ4v) is 7.81. The van der Waals surface area contributed by atoms with Crippen molar-refractivity contribution in [3.8, 4) is 5.75 Å². The number of sulfone groups is 1. The number of methoxy groups -OCH3 is 1. The molecule has 0 amide bonds. The number of hydrogen-bond donors (Lipinski definition) is 0. The molecule has 0 bridgehead atoms. The minimum absolute atomic E-state index is 0.0187. The van der Waals surface area contributed by atoms with Crippen LogP contribution in [0.1, 0.15) is 32.1 Å². The SMILES string of the molecule is COc1ccc(S(=O)(=O)N2CC(S(=O)(=O)C3CCCCC3)C2)cc1Cl. The smallest absolute Gasteiger partial charge is 0.243 e. The van der Waals surface area contributed by atoms with E-state index in [1.807, 2.05) is 0 Å². The molecule has 0 N–H and O–H groups in total. The Morgan fingerprint density at radius 2 is 1.68 bits per heavy atom. The lowest BCUT2D eigenvalue weighted by molar-refractivity contribution is 0.306. The number of halogens is 1. The summed E-state index contributed by atoms with van der Waals surface area (Å²) in [5, 5.41) is -0.707. The maximum atomic E-state index is 12.7. The molecule has 6 nitrogen and oxygen atoms in total. The molecule has 1 aliphatic heterocycles. The van der Waals surface area contributed by atoms with Crippen LogP contribution in [-0.4, -0.2) is 51.8 Å². The summed E-state index contributed by atoms with van der Waals surface area (Å²) >= 11 is 6.00. The second-order valence-corrected chi connectivity index (χ2v) is 11.4. The average molecular weight is 408 g/mol. The quantitative estimate of drug-likeness (QED) is 0.748. The Kier molecular flexibility index (Phi) is 5.35. The lowest BCUT2D eigenvalue weighted by Gasteiger charge is -2.39. The van der Waals surface area contributed by atoms with Gasteiger partial charge in [-0.15, -0.1) is 0 Å². The van der Waals surface area contributed by atoms with Crippen LogP contribution in [0.15, 0.2) is 23.1 Å². The van der Waals surface area contributed by atoms with Crippen LogP contribution < -0.4 is 4.74 Å². The molecule has 1 aromatic rings. The summed E-state index contributed by atoms with van der Waals surface area (Å²) in [6, 6.07) is 4.24. The number of sulfonamides is 1. The summed E-state index contributed by atoms with van der Waals surface area (Å²) in [7, 11) is -5.57. The lowest BCUT2D eigenvalue weighted by atomic mass is 10.0. The normalized spacial score (nSPS) is 21.0. The Balaban J connectivity index is 1.71. The van der Waals surface area contributed by atoms with E-state index in [-0.39, 0.29) is 28.3 Å². The third-order valence-corrected chi connectivity index (χ3v) is 9.81. The van der Waals surface area contributed by atoms with E-state index in [2.05, 4.69) is 0 Å². The van der Waals surface area contributed by atoms with E-state index in [4.69, 9.17) is 16.3 Å². The Labute approximate surface area is 154 Å². The highest BCUT2D eigenvalue weighted by molar-refractivity contribution is 7.93. The largest absolute Gasteiger partial charge is 0.495 e. The molecule has 0 atom stereocenters. The highest BCUT2D eigenvalue weighted by atomic mass is 35.5. The van der Waals surface area contributed by atoms with E-state index in [0.717, 1.165) is 19.3 Å². The molecule has 0 unspecified atom stereocenters. The van der Waals surface area contributed by atoms with E-state index in [9.17, 15) is 16.8 Å². The molecular weight excluding hydrogens is 386 g/mol. The summed E-state index contributed by atoms with van der Waals surface area (Å²) in [6.45, 7) is 0.0373. The summed E-state index contributed by atoms with van der Waals surface area (Å²) in [6.07, 6.45) is 4.33. The van der Waals surface area contributed by atoms with E-state index in [1.54, 1.807) is 0 Å². The van der Waals surface area contributed by atoms with Gasteiger partial charge in [0.25, 0.3) is 0 Å². The van der Waals surface area contributed by atoms with Crippen LogP contribution in [0.2, 0.25) is 5.02 Å². The van der Waals surface area contributed by atoms with Gasteiger partial charge in [-0.05, 0) is 31.0 Å². The topological polar surface area (TPSA) is 80.8 Å². The Morgan fingerprint density at radius 1 is 1.04 bits per heavy atom. The molecule has 25 heavy (non-hydrogen) atoms. The van der Waals surface area contributed by atoms with Crippen molar-refractivity contribution < 1.29 is 21.6 Å². The zero-order valence-corrected chi connectivity index (χ0v) is 16.4. The number of benzene rings is 1. The molecule has 0 spiro atoms. The van der Waals surface area contributed by atoms with Crippen molar-refractivity contribution in [1.29, 1.82) is 0 Å². The minimum Gasteiger partial charge on any atom is -0.495 e. The van der Waals surface area contributed by atoms with Crippen LogP contribution in [0.25, 0.3) is 0 Å². The molecule has 140 valence electrons. The molecule has 0 radical (unpaired) electrons. The van der Waals surface area contributed by atoms with Crippen LogP contribution >= 0.6 is 11.6 Å². The third kappa shape index (κ3) is 3.54. The predicted octanol–water partition coefficient (Wildman–Crippen LogP) is 2.47. The number of rotatable bonds is 5. The highest BCUT2D eigenvalue weighted by Crippen LogP contribution is 2.34. The second-order valence-electron chi connectivity index (χ2n) is 6.59. The molecule has 1 saturated heterocycles. The van der Waals surface area contributed by atoms with Gasteiger partial charge in [0.05, 0.1) is 27.5 Å². The standard InChI is InChI=1S/C16H22ClNO5S2/c1-23-16-8-7-13(9-15(16)17)25(21,22)18-10-14(11-18)24(19,20)12-5-3-2-4-6-12/h7-9,12,14H,2-6,10-11H2,1H3. The summed E-state index contributed by atoms with van der Waals surface area (Å²) in [5.41, 5.74) is 0. The van der Waals surface area contributed by atoms with E-state index in [1.165, 1.54) is 29.6 Å². The molecule has 0 aromatic heterocycles. The van der Waals surface area contributed by atoms with Gasteiger partial charge in [-0.2, -0.15) is 4.31 Å². The van der Waals surface area contributed by atoms with Crippen molar-refractivity contribution >= 4 is 31.5 Å². The van der Waals surface area contributed by atoms with E-state index < -0.39 is 25.1 Å². The van der Waals surface area contributed by atoms with Crippen molar-refractivity contribution in [2.45, 2.75) is 47.5 Å². The average Bonchev–Trinajstić information content (AvgIpc) is 2.53. The highest BCUT2D eigenvalue weighted by Gasteiger charge is 2.46. The maximum absolute atomic E-state index is 12.7. The van der Waals surface area contributed by atoms with E-state index in [0.29, 0.717) is 18.6 Å². The van der Waals surface area contributed by atoms with E-state index >= 15 is 0 Å². The summed E-state index contributed by atoms with van der Waals surface area (Å²) in [5.74, 6) is 0.391. The third-order valence-electron chi connectivity index (χ3n) is 5.06. The van der Waals surface area contributed by atoms with Crippen LogP contribution in [0, 0.1) is 0 Å². The maximum Gasteiger partial charge on any atom is 0.243 e. The molecule has 2 fully saturated rings. The Bertz CT molecular complexity index is 841. The molecular formula is C16H22ClNO5S2. The molecule has 1 saturated carbocycles. The predicted molar refractivity (Wildman–Crippen MR) is 96.3 cm³/mol. The van der Waals surface area contributed by atoms with Crippen LogP contribution in [0.3, 0.4) is 0 Å². The van der Waals surface area contributed by atoms with Gasteiger partial charge in [-0.3, -0.25) is 0 Å². The van der Waals surface area contributed by atoms with Gasteiger partial charge >= 0.3 is 0 Å². The Morgan fingerprint density at radius 3 is 2.24 bits per heavy atom. The van der Waals surface area contributed by atoms with Crippen molar-refractivity contribution in [2.75, 3.05) is 20.2 Å². The first-order valence-electron chi connectivity index (χ1n) is 8.33. The van der Waals surface area contributed by atoms with Crippen molar-refractivity contribution in [3.63, 3.8) is 0 Å². The summed E-state index contributed by atoms with van der Waals surface area (Å²) < 4.78 is 56.8. The van der Waals surface area contributed by atoms with Crippen molar-refractivity contribution in [2.24, 2.45) is 0 Å². The van der Waals surface area contributed by atoms with Crippen LogP contribution in [0.4, 0.5) is 0 Å².